The molecule has 0 fully saturated rings. The van der Waals surface area contributed by atoms with Gasteiger partial charge in [-0.3, -0.25) is 53.0 Å². The van der Waals surface area contributed by atoms with E-state index in [1.54, 1.807) is 103 Å². The van der Waals surface area contributed by atoms with Gasteiger partial charge in [-0.25, -0.2) is 19.4 Å². The van der Waals surface area contributed by atoms with E-state index in [-0.39, 0.29) is 148 Å². The van der Waals surface area contributed by atoms with Gasteiger partial charge in [0, 0.05) is 138 Å². The number of hydrogen-bond donors (Lipinski definition) is 7. The van der Waals surface area contributed by atoms with Crippen LogP contribution in [0.4, 0.5) is 44.0 Å². The topological polar surface area (TPSA) is 455 Å². The number of hydrogen-bond acceptors (Lipinski definition) is 25. The molecule has 1 unspecified atom stereocenters. The Labute approximate surface area is 694 Å². The first kappa shape index (κ1) is 99.1. The molecular formula is C82H103N15O19S2. The van der Waals surface area contributed by atoms with Crippen LogP contribution in [0.25, 0.3) is 4.85 Å². The molecule has 118 heavy (non-hydrogen) atoms. The lowest BCUT2D eigenvalue weighted by Crippen LogP contribution is -2.33. The number of carbonyl (C=O) groups excluding carboxylic acids is 10. The number of ketones is 1. The number of unbranched alkanes of at least 4 members (excludes halogenated alkanes) is 6. The summed E-state index contributed by atoms with van der Waals surface area (Å²) in [5, 5.41) is 70.8. The number of Topliss-reactive ketones (excluding diaryl/α,β-unsaturated/α-hetero) is 1. The van der Waals surface area contributed by atoms with Gasteiger partial charge in [0.05, 0.1) is 49.5 Å². The number of methoxy groups -OCH3 is 1. The highest BCUT2D eigenvalue weighted by Crippen LogP contribution is 2.46. The van der Waals surface area contributed by atoms with Gasteiger partial charge < -0.3 is 75.1 Å². The van der Waals surface area contributed by atoms with Crippen molar-refractivity contribution >= 4 is 117 Å². The molecule has 0 saturated heterocycles. The first-order valence-corrected chi connectivity index (χ1v) is 39.4. The maximum absolute atomic E-state index is 12.9. The quantitative estimate of drug-likeness (QED) is 0.00501. The monoisotopic (exact) mass is 1670 g/mol. The van der Waals surface area contributed by atoms with Gasteiger partial charge in [-0.1, -0.05) is 110 Å². The molecule has 0 radical (unpaired) electrons. The van der Waals surface area contributed by atoms with Crippen molar-refractivity contribution in [3.8, 4) is 47.0 Å². The van der Waals surface area contributed by atoms with Crippen molar-refractivity contribution in [3.05, 3.63) is 151 Å². The third-order valence-corrected chi connectivity index (χ3v) is 18.7. The Balaban J connectivity index is 0.000000396. The van der Waals surface area contributed by atoms with Crippen molar-refractivity contribution in [2.75, 3.05) is 89.9 Å². The van der Waals surface area contributed by atoms with Crippen LogP contribution >= 0.6 is 23.1 Å². The second-order valence-corrected chi connectivity index (χ2v) is 27.9. The number of nitriles is 2. The highest BCUT2D eigenvalue weighted by atomic mass is 32.2. The number of anilines is 4. The summed E-state index contributed by atoms with van der Waals surface area (Å²) in [6.45, 7) is 23.7. The Bertz CT molecular complexity index is 4730. The minimum atomic E-state index is -0.770. The number of benzene rings is 3. The number of pyridine rings is 2. The van der Waals surface area contributed by atoms with Crippen LogP contribution in [0.1, 0.15) is 190 Å². The van der Waals surface area contributed by atoms with Crippen molar-refractivity contribution < 1.29 is 87.1 Å². The largest absolute Gasteiger partial charge is 0.504 e. The highest BCUT2D eigenvalue weighted by Gasteiger charge is 2.29. The number of rotatable bonds is 33. The molecule has 4 aromatic heterocycles. The van der Waals surface area contributed by atoms with Gasteiger partial charge in [0.1, 0.15) is 10.7 Å². The molecule has 0 saturated carbocycles. The van der Waals surface area contributed by atoms with Gasteiger partial charge in [0.15, 0.2) is 46.5 Å². The van der Waals surface area contributed by atoms with Crippen LogP contribution in [0, 0.1) is 46.3 Å². The van der Waals surface area contributed by atoms with Crippen molar-refractivity contribution in [1.29, 1.82) is 10.5 Å². The van der Waals surface area contributed by atoms with Gasteiger partial charge in [-0.05, 0) is 92.2 Å². The summed E-state index contributed by atoms with van der Waals surface area (Å²) in [6.07, 6.45) is 8.37. The van der Waals surface area contributed by atoms with E-state index in [9.17, 15) is 73.4 Å². The Morgan fingerprint density at radius 1 is 0.678 bits per heavy atom. The van der Waals surface area contributed by atoms with E-state index in [1.165, 1.54) is 91.7 Å². The van der Waals surface area contributed by atoms with E-state index in [1.807, 2.05) is 35.4 Å². The number of nitrogens with zero attached hydrogens (tertiary/aromatic N) is 11. The number of amides is 8. The average molecular weight is 1670 g/mol. The van der Waals surface area contributed by atoms with Crippen LogP contribution in [-0.4, -0.2) is 182 Å². The van der Waals surface area contributed by atoms with E-state index < -0.39 is 34.9 Å². The number of esters is 1. The molecule has 36 heteroatoms. The lowest BCUT2D eigenvalue weighted by atomic mass is 10.0. The molecule has 8 amide bonds. The summed E-state index contributed by atoms with van der Waals surface area (Å²) >= 11 is 2.49. The third kappa shape index (κ3) is 31.6. The van der Waals surface area contributed by atoms with Gasteiger partial charge in [-0.2, -0.15) is 15.5 Å². The first-order valence-electron chi connectivity index (χ1n) is 37.7. The van der Waals surface area contributed by atoms with Crippen molar-refractivity contribution in [1.82, 2.24) is 34.1 Å². The molecule has 632 valence electrons. The summed E-state index contributed by atoms with van der Waals surface area (Å²) in [7, 11) is 10.5. The molecule has 3 aromatic carbocycles. The number of aryl methyl sites for hydroxylation is 1. The number of nitrogens with one attached hydrogen (secondary N) is 4. The number of carbonyl (C=O) groups is 10. The molecule has 34 nitrogen and oxygen atoms in total. The van der Waals surface area contributed by atoms with Gasteiger partial charge >= 0.3 is 23.8 Å². The maximum Gasteiger partial charge on any atom is 0.416 e. The standard InChI is InChI=1S/C27H28N4O5S.C20H32N2O4.C13H16N4O4.C12H16N4O4.C10H11NO2S/c1-5-20(32)18-14-17(27(36)31(3)4)12-13-22(18)37-26-19(28-23(34)6-2)15-21(33)24(30-26)29-25(35)16-10-8-7-9-11-16;1-4-6-8-10-14-21(15-11-9-7-5-2)20(23)17-12-13-19(26-3)18(16-17)22(24)25;1-3-10(19)15-12-9(18)5-6-11(16-12)21-13(20)17(2)8-4-7-14;1-6-7(17)14-9-8(13-2)10(18)16(5)11(9)20-12(19)15(3)4;1-3-13-10(12)8(5-11)9-4-7(2)6-14-9/h7-15,33H,5-6H2,1-4H3,(H,28,34)(H,29,30,35);12-13,16H,4-11,14-15H2,1-3H3;5-6,18H,3-4,8H2,1-2H3,(H,15,16,19);18H,6H2,1,3-5H3,(H,14,17);4,6,8H,3H2,1-2H3. The molecule has 0 aliphatic carbocycles. The third-order valence-electron chi connectivity index (χ3n) is 16.5. The number of aromatic nitrogens is 3. The Morgan fingerprint density at radius 3 is 1.81 bits per heavy atom. The second kappa shape index (κ2) is 51.6. The molecule has 0 bridgehead atoms. The zero-order valence-electron chi connectivity index (χ0n) is 68.9. The molecule has 4 heterocycles. The highest BCUT2D eigenvalue weighted by molar-refractivity contribution is 7.99. The minimum absolute atomic E-state index is 0.0120. The fraction of sp³-hybridized carbons (Fsp3) is 0.402. The number of nitro benzene ring substituents is 1. The summed E-state index contributed by atoms with van der Waals surface area (Å²) in [5.41, 5.74) is 2.35. The van der Waals surface area contributed by atoms with Crippen molar-refractivity contribution in [2.24, 2.45) is 7.05 Å². The number of nitro groups is 1. The van der Waals surface area contributed by atoms with Crippen LogP contribution in [0.5, 0.6) is 34.9 Å². The smallest absolute Gasteiger partial charge is 0.416 e. The van der Waals surface area contributed by atoms with Crippen molar-refractivity contribution in [3.63, 3.8) is 0 Å². The van der Waals surface area contributed by atoms with Gasteiger partial charge in [-0.15, -0.1) is 11.3 Å². The molecule has 7 rings (SSSR count). The lowest BCUT2D eigenvalue weighted by molar-refractivity contribution is -0.385. The Hall–Kier alpha value is -13.1. The molecule has 0 spiro atoms. The second-order valence-electron chi connectivity index (χ2n) is 25.9. The predicted octanol–water partition coefficient (Wildman–Crippen LogP) is 15.4. The molecule has 0 aliphatic heterocycles. The average Bonchev–Trinajstić information content (AvgIpc) is 1.65. The van der Waals surface area contributed by atoms with E-state index in [4.69, 9.17) is 36.0 Å². The van der Waals surface area contributed by atoms with E-state index in [0.717, 1.165) is 78.1 Å². The molecule has 1 atom stereocenters. The molecule has 7 aromatic rings. The zero-order valence-corrected chi connectivity index (χ0v) is 70.6. The molecule has 0 aliphatic rings. The Morgan fingerprint density at radius 2 is 1.28 bits per heavy atom. The number of ether oxygens (including phenoxy) is 4. The maximum atomic E-state index is 12.9. The number of thiophene rings is 1. The SMILES string of the molecule is CCC(=O)Nc1cc(O)c(NC(=O)c2ccccc2)nc1Sc1ccc(C(=O)N(C)C)cc1C(=O)CC.CCC(=O)Nc1nc(OC(=O)N(C)CCC#N)ccc1O.CCCCCCN(CCCCCC)C(=O)c1ccc(OC)c([N+](=O)[O-])c1.CCOC(=O)C(C#N)c1cc(C)cs1.[C-]#[N+]c1c(NC(=O)CC)c(OC(=O)N(C)C)n(C)c1O. The summed E-state index contributed by atoms with van der Waals surface area (Å²) in [4.78, 5) is 149. The minimum Gasteiger partial charge on any atom is -0.504 e. The molecular weight excluding hydrogens is 1560 g/mol. The van der Waals surface area contributed by atoms with E-state index in [2.05, 4.69) is 49.9 Å². The van der Waals surface area contributed by atoms with Crippen LogP contribution in [0.15, 0.2) is 106 Å². The van der Waals surface area contributed by atoms with Crippen molar-refractivity contribution in [2.45, 2.75) is 155 Å². The number of aromatic hydroxyl groups is 3. The van der Waals surface area contributed by atoms with Crippen LogP contribution < -0.4 is 35.5 Å². The van der Waals surface area contributed by atoms with Crippen LogP contribution in [-0.2, 0) is 31.0 Å². The predicted molar refractivity (Wildman–Crippen MR) is 446 cm³/mol. The fourth-order valence-corrected chi connectivity index (χ4v) is 11.8. The van der Waals surface area contributed by atoms with E-state index >= 15 is 0 Å². The van der Waals surface area contributed by atoms with Gasteiger partial charge in [0.2, 0.25) is 29.5 Å². The van der Waals surface area contributed by atoms with Crippen LogP contribution in [0.3, 0.4) is 0 Å². The van der Waals surface area contributed by atoms with Gasteiger partial charge in [0.25, 0.3) is 23.4 Å². The summed E-state index contributed by atoms with van der Waals surface area (Å²) in [6, 6.07) is 27.2. The Kier molecular flexibility index (Phi) is 43.4. The molecule has 7 N–H and O–H groups in total. The first-order chi connectivity index (χ1) is 56.2. The zero-order chi connectivity index (χ0) is 88.3. The summed E-state index contributed by atoms with van der Waals surface area (Å²) < 4.78 is 21.0. The fourth-order valence-electron chi connectivity index (χ4n) is 9.92. The van der Waals surface area contributed by atoms with Crippen LogP contribution in [0.2, 0.25) is 0 Å². The van der Waals surface area contributed by atoms with E-state index in [0.29, 0.717) is 46.8 Å². The lowest BCUT2D eigenvalue weighted by Gasteiger charge is -2.23. The normalized spacial score (nSPS) is 10.4. The summed E-state index contributed by atoms with van der Waals surface area (Å²) in [5.74, 6) is -4.35.